The molecule has 4 aromatic rings. The van der Waals surface area contributed by atoms with Gasteiger partial charge in [0.25, 0.3) is 5.91 Å². The smallest absolute Gasteiger partial charge is 0.251 e. The minimum absolute atomic E-state index is 0.131. The SMILES string of the molecule is Cc1cc(Nc2nccn3c(-c4ccc(F)c(F)c4F)cnc23)ccc1C(=O)NCCOCCN. The predicted molar refractivity (Wildman–Crippen MR) is 125 cm³/mol. The molecule has 0 radical (unpaired) electrons. The van der Waals surface area contributed by atoms with Crippen LogP contribution in [0.1, 0.15) is 15.9 Å². The third kappa shape index (κ3) is 5.10. The molecule has 0 saturated carbocycles. The van der Waals surface area contributed by atoms with E-state index in [9.17, 15) is 18.0 Å². The molecular weight excluding hydrogens is 461 g/mol. The average molecular weight is 484 g/mol. The van der Waals surface area contributed by atoms with Crippen molar-refractivity contribution in [3.05, 3.63) is 77.5 Å². The van der Waals surface area contributed by atoms with Crippen LogP contribution in [0.2, 0.25) is 0 Å². The number of anilines is 2. The highest BCUT2D eigenvalue weighted by atomic mass is 19.2. The molecule has 0 aliphatic heterocycles. The topological polar surface area (TPSA) is 107 Å². The van der Waals surface area contributed by atoms with Crippen LogP contribution in [0.4, 0.5) is 24.7 Å². The molecule has 2 heterocycles. The number of ether oxygens (including phenoxy) is 1. The number of halogens is 3. The second-order valence-corrected chi connectivity index (χ2v) is 7.65. The van der Waals surface area contributed by atoms with Crippen LogP contribution in [0.15, 0.2) is 48.9 Å². The van der Waals surface area contributed by atoms with Crippen molar-refractivity contribution in [1.82, 2.24) is 19.7 Å². The molecule has 4 rings (SSSR count). The van der Waals surface area contributed by atoms with E-state index in [2.05, 4.69) is 20.6 Å². The molecule has 0 fully saturated rings. The Kier molecular flexibility index (Phi) is 7.28. The van der Waals surface area contributed by atoms with Crippen molar-refractivity contribution in [3.8, 4) is 11.3 Å². The summed E-state index contributed by atoms with van der Waals surface area (Å²) in [6, 6.07) is 7.20. The van der Waals surface area contributed by atoms with Gasteiger partial charge in [-0.2, -0.15) is 0 Å². The maximum atomic E-state index is 14.3. The lowest BCUT2D eigenvalue weighted by Crippen LogP contribution is -2.28. The summed E-state index contributed by atoms with van der Waals surface area (Å²) in [4.78, 5) is 21.0. The van der Waals surface area contributed by atoms with Crippen LogP contribution in [0, 0.1) is 24.4 Å². The Labute approximate surface area is 199 Å². The normalized spacial score (nSPS) is 11.1. The number of nitrogens with one attached hydrogen (secondary N) is 2. The van der Waals surface area contributed by atoms with E-state index in [-0.39, 0.29) is 17.2 Å². The first-order valence-corrected chi connectivity index (χ1v) is 10.8. The number of benzene rings is 2. The monoisotopic (exact) mass is 484 g/mol. The Morgan fingerprint density at radius 1 is 1.11 bits per heavy atom. The molecule has 0 aliphatic carbocycles. The summed E-state index contributed by atoms with van der Waals surface area (Å²) in [6.07, 6.45) is 4.37. The van der Waals surface area contributed by atoms with Crippen LogP contribution in [0.25, 0.3) is 16.9 Å². The highest BCUT2D eigenvalue weighted by Gasteiger charge is 2.19. The lowest BCUT2D eigenvalue weighted by atomic mass is 10.1. The van der Waals surface area contributed by atoms with E-state index < -0.39 is 17.5 Å². The van der Waals surface area contributed by atoms with Gasteiger partial charge in [-0.15, -0.1) is 0 Å². The number of carbonyl (C=O) groups excluding carboxylic acids is 1. The molecule has 0 bridgehead atoms. The van der Waals surface area contributed by atoms with Gasteiger partial charge in [0.1, 0.15) is 0 Å². The number of aryl methyl sites for hydroxylation is 1. The Morgan fingerprint density at radius 3 is 2.71 bits per heavy atom. The van der Waals surface area contributed by atoms with Gasteiger partial charge in [0.2, 0.25) is 0 Å². The summed E-state index contributed by atoms with van der Waals surface area (Å²) in [7, 11) is 0. The second-order valence-electron chi connectivity index (χ2n) is 7.65. The first-order chi connectivity index (χ1) is 16.9. The zero-order valence-electron chi connectivity index (χ0n) is 18.8. The molecule has 0 aliphatic rings. The van der Waals surface area contributed by atoms with Crippen molar-refractivity contribution >= 4 is 23.1 Å². The van der Waals surface area contributed by atoms with Crippen molar-refractivity contribution < 1.29 is 22.7 Å². The maximum absolute atomic E-state index is 14.3. The Hall–Kier alpha value is -3.96. The molecular formula is C24H23F3N6O2. The molecule has 0 saturated heterocycles. The standard InChI is InChI=1S/C24H23F3N6O2/c1-14-12-15(2-3-16(14)24(34)30-8-11-35-10-6-28)32-22-23-31-13-19(33(23)9-7-29-22)17-4-5-18(25)21(27)20(17)26/h2-5,7,9,12-13H,6,8,10-11,28H2,1H3,(H,29,32)(H,30,34). The third-order valence-electron chi connectivity index (χ3n) is 5.27. The minimum Gasteiger partial charge on any atom is -0.378 e. The molecule has 0 atom stereocenters. The molecule has 11 heteroatoms. The maximum Gasteiger partial charge on any atom is 0.251 e. The number of imidazole rings is 1. The minimum atomic E-state index is -1.55. The van der Waals surface area contributed by atoms with Crippen LogP contribution < -0.4 is 16.4 Å². The number of nitrogens with two attached hydrogens (primary N) is 1. The molecule has 4 N–H and O–H groups in total. The fraction of sp³-hybridized carbons (Fsp3) is 0.208. The van der Waals surface area contributed by atoms with Gasteiger partial charge in [-0.05, 0) is 42.8 Å². The highest BCUT2D eigenvalue weighted by molar-refractivity contribution is 5.96. The van der Waals surface area contributed by atoms with Gasteiger partial charge >= 0.3 is 0 Å². The molecule has 8 nitrogen and oxygen atoms in total. The third-order valence-corrected chi connectivity index (χ3v) is 5.27. The van der Waals surface area contributed by atoms with Crippen molar-refractivity contribution in [2.75, 3.05) is 31.6 Å². The first kappa shape index (κ1) is 24.2. The van der Waals surface area contributed by atoms with Gasteiger partial charge in [-0.25, -0.2) is 23.1 Å². The predicted octanol–water partition coefficient (Wildman–Crippen LogP) is 3.57. The number of carbonyl (C=O) groups is 1. The lowest BCUT2D eigenvalue weighted by Gasteiger charge is -2.12. The van der Waals surface area contributed by atoms with E-state index in [0.29, 0.717) is 49.0 Å². The van der Waals surface area contributed by atoms with E-state index >= 15 is 0 Å². The highest BCUT2D eigenvalue weighted by Crippen LogP contribution is 2.29. The van der Waals surface area contributed by atoms with E-state index in [1.807, 2.05) is 0 Å². The van der Waals surface area contributed by atoms with Crippen molar-refractivity contribution in [1.29, 1.82) is 0 Å². The van der Waals surface area contributed by atoms with E-state index in [1.54, 1.807) is 31.3 Å². The van der Waals surface area contributed by atoms with Gasteiger partial charge < -0.3 is 21.1 Å². The van der Waals surface area contributed by atoms with Crippen molar-refractivity contribution in [2.45, 2.75) is 6.92 Å². The zero-order valence-corrected chi connectivity index (χ0v) is 18.8. The average Bonchev–Trinajstić information content (AvgIpc) is 3.27. The van der Waals surface area contributed by atoms with E-state index in [1.165, 1.54) is 16.8 Å². The van der Waals surface area contributed by atoms with Gasteiger partial charge in [0, 0.05) is 42.3 Å². The van der Waals surface area contributed by atoms with Gasteiger partial charge in [0.15, 0.2) is 28.9 Å². The number of fused-ring (bicyclic) bond motifs is 1. The number of hydrogen-bond acceptors (Lipinski definition) is 6. The number of nitrogens with zero attached hydrogens (tertiary/aromatic N) is 3. The number of aromatic nitrogens is 3. The summed E-state index contributed by atoms with van der Waals surface area (Å²) in [5, 5.41) is 5.92. The number of rotatable bonds is 9. The van der Waals surface area contributed by atoms with E-state index in [4.69, 9.17) is 10.5 Å². The van der Waals surface area contributed by atoms with Crippen LogP contribution in [0.3, 0.4) is 0 Å². The fourth-order valence-electron chi connectivity index (χ4n) is 3.58. The quantitative estimate of drug-likeness (QED) is 0.248. The summed E-state index contributed by atoms with van der Waals surface area (Å²) >= 11 is 0. The second kappa shape index (κ2) is 10.5. The van der Waals surface area contributed by atoms with Crippen LogP contribution in [-0.4, -0.2) is 46.6 Å². The molecule has 2 aromatic heterocycles. The first-order valence-electron chi connectivity index (χ1n) is 10.8. The van der Waals surface area contributed by atoms with Crippen LogP contribution >= 0.6 is 0 Å². The fourth-order valence-corrected chi connectivity index (χ4v) is 3.58. The molecule has 0 spiro atoms. The summed E-state index contributed by atoms with van der Waals surface area (Å²) in [6.45, 7) is 3.40. The molecule has 2 aromatic carbocycles. The molecule has 35 heavy (non-hydrogen) atoms. The summed E-state index contributed by atoms with van der Waals surface area (Å²) < 4.78 is 48.2. The molecule has 0 unspecified atom stereocenters. The van der Waals surface area contributed by atoms with Gasteiger partial charge in [0.05, 0.1) is 25.1 Å². The van der Waals surface area contributed by atoms with Crippen molar-refractivity contribution in [2.24, 2.45) is 5.73 Å². The zero-order chi connectivity index (χ0) is 24.9. The Bertz CT molecular complexity index is 1380. The van der Waals surface area contributed by atoms with E-state index in [0.717, 1.165) is 17.7 Å². The lowest BCUT2D eigenvalue weighted by molar-refractivity contribution is 0.0919. The number of hydrogen-bond donors (Lipinski definition) is 3. The molecule has 1 amide bonds. The van der Waals surface area contributed by atoms with Crippen LogP contribution in [-0.2, 0) is 4.74 Å². The number of amides is 1. The van der Waals surface area contributed by atoms with Crippen LogP contribution in [0.5, 0.6) is 0 Å². The largest absolute Gasteiger partial charge is 0.378 e. The molecule has 182 valence electrons. The van der Waals surface area contributed by atoms with Gasteiger partial charge in [-0.1, -0.05) is 0 Å². The van der Waals surface area contributed by atoms with Crippen molar-refractivity contribution in [3.63, 3.8) is 0 Å². The van der Waals surface area contributed by atoms with Gasteiger partial charge in [-0.3, -0.25) is 9.20 Å². The Balaban J connectivity index is 1.54. The summed E-state index contributed by atoms with van der Waals surface area (Å²) in [5.41, 5.74) is 7.70. The Morgan fingerprint density at radius 2 is 1.94 bits per heavy atom. The summed E-state index contributed by atoms with van der Waals surface area (Å²) in [5.74, 6) is -3.98.